The van der Waals surface area contributed by atoms with Gasteiger partial charge >= 0.3 is 0 Å². The van der Waals surface area contributed by atoms with Crippen LogP contribution in [0.2, 0.25) is 0 Å². The molecule has 4 N–H and O–H groups in total. The Hall–Kier alpha value is -2.88. The summed E-state index contributed by atoms with van der Waals surface area (Å²) in [5, 5.41) is 10.2. The number of nitrogens with two attached hydrogens (primary N) is 1. The van der Waals surface area contributed by atoms with Crippen LogP contribution in [-0.2, 0) is 14.3 Å². The van der Waals surface area contributed by atoms with Crippen LogP contribution in [0.1, 0.15) is 24.8 Å². The lowest BCUT2D eigenvalue weighted by molar-refractivity contribution is -0.137. The smallest absolute Gasteiger partial charge is 0.256 e. The molecule has 1 unspecified atom stereocenters. The van der Waals surface area contributed by atoms with Crippen molar-refractivity contribution < 1.29 is 14.3 Å². The maximum Gasteiger partial charge on any atom is 0.256 e. The number of hydrogen-bond donors (Lipinski definition) is 3. The molecule has 4 rings (SSSR count). The Kier molecular flexibility index (Phi) is 7.09. The molecule has 0 spiro atoms. The van der Waals surface area contributed by atoms with E-state index in [0.717, 1.165) is 23.7 Å². The average Bonchev–Trinajstić information content (AvgIpc) is 3.29. The molecule has 2 aromatic carbocycles. The van der Waals surface area contributed by atoms with Gasteiger partial charge in [-0.25, -0.2) is 4.31 Å². The zero-order valence-electron chi connectivity index (χ0n) is 17.8. The maximum absolute atomic E-state index is 13.0. The van der Waals surface area contributed by atoms with E-state index in [1.54, 1.807) is 41.1 Å². The van der Waals surface area contributed by atoms with E-state index in [2.05, 4.69) is 9.62 Å². The van der Waals surface area contributed by atoms with Gasteiger partial charge in [0.2, 0.25) is 5.91 Å². The van der Waals surface area contributed by atoms with Gasteiger partial charge in [-0.3, -0.25) is 15.0 Å². The first kappa shape index (κ1) is 22.3. The molecule has 0 saturated carbocycles. The van der Waals surface area contributed by atoms with Crippen LogP contribution in [0.4, 0.5) is 11.4 Å². The van der Waals surface area contributed by atoms with Crippen LogP contribution in [0.25, 0.3) is 0 Å². The van der Waals surface area contributed by atoms with E-state index in [1.165, 1.54) is 12.8 Å². The Bertz CT molecular complexity index is 974. The Morgan fingerprint density at radius 1 is 1.09 bits per heavy atom. The van der Waals surface area contributed by atoms with Gasteiger partial charge in [-0.15, -0.1) is 0 Å². The van der Waals surface area contributed by atoms with Crippen molar-refractivity contribution in [1.82, 2.24) is 4.31 Å². The highest BCUT2D eigenvalue weighted by atomic mass is 32.2. The number of ether oxygens (including phenoxy) is 1. The first-order chi connectivity index (χ1) is 15.5. The molecule has 2 fully saturated rings. The average molecular weight is 454 g/mol. The number of amides is 2. The monoisotopic (exact) mass is 453 g/mol. The first-order valence-corrected chi connectivity index (χ1v) is 11.5. The number of nitrogen functional groups attached to an aromatic ring is 1. The third-order valence-electron chi connectivity index (χ3n) is 5.47. The van der Waals surface area contributed by atoms with Gasteiger partial charge in [0.05, 0.1) is 13.0 Å². The Labute approximate surface area is 191 Å². The SMILES string of the molecule is N=C(N)c1ccc(NC(=O)CC2OCCN(c3ccc(SN4CCCC4)cc3)C2=O)cc1. The third kappa shape index (κ3) is 5.48. The molecule has 2 aromatic rings. The third-order valence-corrected chi connectivity index (χ3v) is 6.58. The van der Waals surface area contributed by atoms with Crippen molar-refractivity contribution in [3.05, 3.63) is 54.1 Å². The van der Waals surface area contributed by atoms with Crippen molar-refractivity contribution >= 4 is 41.0 Å². The summed E-state index contributed by atoms with van der Waals surface area (Å²) >= 11 is 1.75. The molecule has 2 aliphatic rings. The van der Waals surface area contributed by atoms with Crippen LogP contribution in [0, 0.1) is 5.41 Å². The quantitative estimate of drug-likeness (QED) is 0.338. The second-order valence-electron chi connectivity index (χ2n) is 7.81. The minimum atomic E-state index is -0.820. The van der Waals surface area contributed by atoms with Crippen molar-refractivity contribution in [2.24, 2.45) is 5.73 Å². The van der Waals surface area contributed by atoms with E-state index in [4.69, 9.17) is 15.9 Å². The lowest BCUT2D eigenvalue weighted by Crippen LogP contribution is -2.49. The largest absolute Gasteiger partial charge is 0.384 e. The topological polar surface area (TPSA) is 112 Å². The van der Waals surface area contributed by atoms with E-state index in [9.17, 15) is 9.59 Å². The zero-order chi connectivity index (χ0) is 22.5. The van der Waals surface area contributed by atoms with Gasteiger partial charge in [-0.05, 0) is 73.3 Å². The number of carbonyl (C=O) groups is 2. The molecule has 8 nitrogen and oxygen atoms in total. The van der Waals surface area contributed by atoms with E-state index >= 15 is 0 Å². The lowest BCUT2D eigenvalue weighted by Gasteiger charge is -2.32. The maximum atomic E-state index is 13.0. The van der Waals surface area contributed by atoms with Crippen molar-refractivity contribution in [1.29, 1.82) is 5.41 Å². The predicted molar refractivity (Wildman–Crippen MR) is 126 cm³/mol. The fourth-order valence-electron chi connectivity index (χ4n) is 3.77. The molecule has 2 heterocycles. The summed E-state index contributed by atoms with van der Waals surface area (Å²) in [4.78, 5) is 28.3. The second kappa shape index (κ2) is 10.2. The molecular formula is C23H27N5O3S. The van der Waals surface area contributed by atoms with E-state index in [0.29, 0.717) is 24.4 Å². The zero-order valence-corrected chi connectivity index (χ0v) is 18.6. The number of nitrogens with one attached hydrogen (secondary N) is 2. The summed E-state index contributed by atoms with van der Waals surface area (Å²) < 4.78 is 7.96. The summed E-state index contributed by atoms with van der Waals surface area (Å²) in [6.45, 7) is 3.06. The number of benzene rings is 2. The van der Waals surface area contributed by atoms with Crippen molar-refractivity contribution in [3.63, 3.8) is 0 Å². The van der Waals surface area contributed by atoms with Crippen molar-refractivity contribution in [2.75, 3.05) is 36.5 Å². The lowest BCUT2D eigenvalue weighted by atomic mass is 10.1. The fourth-order valence-corrected chi connectivity index (χ4v) is 4.77. The van der Waals surface area contributed by atoms with Crippen LogP contribution in [-0.4, -0.2) is 54.3 Å². The second-order valence-corrected chi connectivity index (χ2v) is 8.98. The summed E-state index contributed by atoms with van der Waals surface area (Å²) in [5.74, 6) is -0.553. The number of nitrogens with zero attached hydrogens (tertiary/aromatic N) is 2. The number of amidine groups is 1. The standard InChI is InChI=1S/C23H27N5O3S/c24-22(25)16-3-5-17(6-4-16)26-21(29)15-20-23(30)28(13-14-31-20)18-7-9-19(10-8-18)32-27-11-1-2-12-27/h3-10,20H,1-2,11-15H2,(H3,24,25)(H,26,29). The molecule has 0 aliphatic carbocycles. The van der Waals surface area contributed by atoms with Gasteiger partial charge in [0.1, 0.15) is 11.9 Å². The van der Waals surface area contributed by atoms with Gasteiger partial charge in [0.25, 0.3) is 5.91 Å². The van der Waals surface area contributed by atoms with Crippen LogP contribution >= 0.6 is 11.9 Å². The van der Waals surface area contributed by atoms with Crippen molar-refractivity contribution in [3.8, 4) is 0 Å². The van der Waals surface area contributed by atoms with Gasteiger partial charge < -0.3 is 20.7 Å². The normalized spacial score (nSPS) is 19.2. The molecule has 2 aliphatic heterocycles. The molecule has 0 bridgehead atoms. The number of rotatable bonds is 7. The first-order valence-electron chi connectivity index (χ1n) is 10.7. The van der Waals surface area contributed by atoms with Gasteiger partial charge in [0, 0.05) is 41.5 Å². The summed E-state index contributed by atoms with van der Waals surface area (Å²) in [5.41, 5.74) is 7.41. The molecule has 2 amide bonds. The van der Waals surface area contributed by atoms with Gasteiger partial charge in [0.15, 0.2) is 0 Å². The molecular weight excluding hydrogens is 426 g/mol. The summed E-state index contributed by atoms with van der Waals surface area (Å²) in [7, 11) is 0. The van der Waals surface area contributed by atoms with E-state index in [-0.39, 0.29) is 24.1 Å². The van der Waals surface area contributed by atoms with Crippen LogP contribution in [0.5, 0.6) is 0 Å². The number of morpholine rings is 1. The molecule has 32 heavy (non-hydrogen) atoms. The molecule has 2 saturated heterocycles. The highest BCUT2D eigenvalue weighted by molar-refractivity contribution is 7.97. The highest BCUT2D eigenvalue weighted by Gasteiger charge is 2.32. The molecule has 0 aromatic heterocycles. The Morgan fingerprint density at radius 2 is 1.78 bits per heavy atom. The summed E-state index contributed by atoms with van der Waals surface area (Å²) in [6.07, 6.45) is 1.60. The number of hydrogen-bond acceptors (Lipinski definition) is 6. The number of carbonyl (C=O) groups excluding carboxylic acids is 2. The number of anilines is 2. The van der Waals surface area contributed by atoms with Crippen LogP contribution in [0.15, 0.2) is 53.4 Å². The fraction of sp³-hybridized carbons (Fsp3) is 0.348. The highest BCUT2D eigenvalue weighted by Crippen LogP contribution is 2.29. The van der Waals surface area contributed by atoms with E-state index in [1.807, 2.05) is 24.3 Å². The van der Waals surface area contributed by atoms with Crippen LogP contribution in [0.3, 0.4) is 0 Å². The van der Waals surface area contributed by atoms with Crippen molar-refractivity contribution in [2.45, 2.75) is 30.3 Å². The Morgan fingerprint density at radius 3 is 2.44 bits per heavy atom. The van der Waals surface area contributed by atoms with Gasteiger partial charge in [-0.2, -0.15) is 0 Å². The molecule has 1 atom stereocenters. The van der Waals surface area contributed by atoms with E-state index < -0.39 is 6.10 Å². The minimum Gasteiger partial charge on any atom is -0.384 e. The minimum absolute atomic E-state index is 0.0353. The van der Waals surface area contributed by atoms with Gasteiger partial charge in [-0.1, -0.05) is 0 Å². The molecule has 168 valence electrons. The molecule has 0 radical (unpaired) electrons. The Balaban J connectivity index is 1.34. The van der Waals surface area contributed by atoms with Crippen LogP contribution < -0.4 is 16.0 Å². The summed E-state index contributed by atoms with van der Waals surface area (Å²) in [6, 6.07) is 14.6. The molecule has 9 heteroatoms. The predicted octanol–water partition coefficient (Wildman–Crippen LogP) is 2.83.